The number of rotatable bonds is 4. The third kappa shape index (κ3) is 3.26. The van der Waals surface area contributed by atoms with Gasteiger partial charge in [-0.05, 0) is 24.1 Å². The minimum atomic E-state index is -0.435. The van der Waals surface area contributed by atoms with Gasteiger partial charge in [0, 0.05) is 9.50 Å². The summed E-state index contributed by atoms with van der Waals surface area (Å²) in [5.41, 5.74) is 0.823. The molecule has 0 saturated heterocycles. The SMILES string of the molecule is CCCCC(O)c1ccc(Br)cc1Cl. The monoisotopic (exact) mass is 276 g/mol. The molecule has 0 fully saturated rings. The Bertz CT molecular complexity index is 301. The van der Waals surface area contributed by atoms with Crippen LogP contribution in [0.2, 0.25) is 5.02 Å². The van der Waals surface area contributed by atoms with Crippen LogP contribution in [0, 0.1) is 0 Å². The van der Waals surface area contributed by atoms with E-state index in [0.717, 1.165) is 29.3 Å². The first-order chi connectivity index (χ1) is 6.65. The second kappa shape index (κ2) is 5.74. The van der Waals surface area contributed by atoms with Crippen molar-refractivity contribution in [3.05, 3.63) is 33.3 Å². The summed E-state index contributed by atoms with van der Waals surface area (Å²) in [4.78, 5) is 0. The van der Waals surface area contributed by atoms with Gasteiger partial charge in [-0.1, -0.05) is 53.4 Å². The molecule has 1 unspecified atom stereocenters. The van der Waals surface area contributed by atoms with Crippen molar-refractivity contribution in [2.24, 2.45) is 0 Å². The second-order valence-electron chi connectivity index (χ2n) is 3.32. The summed E-state index contributed by atoms with van der Waals surface area (Å²) in [5, 5.41) is 10.5. The minimum Gasteiger partial charge on any atom is -0.388 e. The Kier molecular flexibility index (Phi) is 4.93. The Balaban J connectivity index is 2.74. The van der Waals surface area contributed by atoms with Gasteiger partial charge in [0.2, 0.25) is 0 Å². The molecule has 1 aromatic rings. The lowest BCUT2D eigenvalue weighted by Crippen LogP contribution is -1.97. The predicted octanol–water partition coefficient (Wildman–Crippen LogP) is 4.33. The van der Waals surface area contributed by atoms with Gasteiger partial charge in [-0.15, -0.1) is 0 Å². The van der Waals surface area contributed by atoms with Crippen LogP contribution in [0.15, 0.2) is 22.7 Å². The summed E-state index contributed by atoms with van der Waals surface area (Å²) in [6.45, 7) is 2.11. The van der Waals surface area contributed by atoms with Crippen LogP contribution in [0.3, 0.4) is 0 Å². The Morgan fingerprint density at radius 2 is 2.21 bits per heavy atom. The van der Waals surface area contributed by atoms with Crippen molar-refractivity contribution in [1.29, 1.82) is 0 Å². The fourth-order valence-electron chi connectivity index (χ4n) is 1.32. The average molecular weight is 278 g/mol. The Labute approximate surface area is 98.2 Å². The highest BCUT2D eigenvalue weighted by atomic mass is 79.9. The van der Waals surface area contributed by atoms with Gasteiger partial charge >= 0.3 is 0 Å². The molecule has 0 aliphatic carbocycles. The second-order valence-corrected chi connectivity index (χ2v) is 4.65. The standard InChI is InChI=1S/C11H14BrClO/c1-2-3-4-11(14)9-6-5-8(12)7-10(9)13/h5-7,11,14H,2-4H2,1H3. The van der Waals surface area contributed by atoms with E-state index in [4.69, 9.17) is 11.6 Å². The maximum atomic E-state index is 9.82. The number of halogens is 2. The summed E-state index contributed by atoms with van der Waals surface area (Å²) in [6.07, 6.45) is 2.45. The Hall–Kier alpha value is -0.0500. The molecule has 0 radical (unpaired) electrons. The molecular weight excluding hydrogens is 263 g/mol. The molecule has 0 amide bonds. The van der Waals surface area contributed by atoms with E-state index < -0.39 is 6.10 Å². The van der Waals surface area contributed by atoms with E-state index in [1.165, 1.54) is 0 Å². The number of hydrogen-bond acceptors (Lipinski definition) is 1. The quantitative estimate of drug-likeness (QED) is 0.868. The number of aliphatic hydroxyl groups excluding tert-OH is 1. The number of benzene rings is 1. The Morgan fingerprint density at radius 1 is 1.50 bits per heavy atom. The molecule has 0 aliphatic heterocycles. The Morgan fingerprint density at radius 3 is 2.79 bits per heavy atom. The van der Waals surface area contributed by atoms with E-state index in [1.807, 2.05) is 18.2 Å². The summed E-state index contributed by atoms with van der Waals surface area (Å²) < 4.78 is 0.939. The summed E-state index contributed by atoms with van der Waals surface area (Å²) in [5.74, 6) is 0. The van der Waals surface area contributed by atoms with E-state index in [9.17, 15) is 5.11 Å². The van der Waals surface area contributed by atoms with Gasteiger partial charge in [0.15, 0.2) is 0 Å². The van der Waals surface area contributed by atoms with Gasteiger partial charge in [0.1, 0.15) is 0 Å². The van der Waals surface area contributed by atoms with Crippen LogP contribution in [-0.2, 0) is 0 Å². The van der Waals surface area contributed by atoms with E-state index >= 15 is 0 Å². The minimum absolute atomic E-state index is 0.435. The van der Waals surface area contributed by atoms with Crippen LogP contribution in [0.25, 0.3) is 0 Å². The van der Waals surface area contributed by atoms with Crippen molar-refractivity contribution in [1.82, 2.24) is 0 Å². The number of aliphatic hydroxyl groups is 1. The molecular formula is C11H14BrClO. The number of unbranched alkanes of at least 4 members (excludes halogenated alkanes) is 1. The highest BCUT2D eigenvalue weighted by molar-refractivity contribution is 9.10. The lowest BCUT2D eigenvalue weighted by atomic mass is 10.0. The number of hydrogen-bond donors (Lipinski definition) is 1. The normalized spacial score (nSPS) is 12.9. The molecule has 0 aromatic heterocycles. The first-order valence-electron chi connectivity index (χ1n) is 4.78. The third-order valence-electron chi connectivity index (χ3n) is 2.15. The van der Waals surface area contributed by atoms with Crippen LogP contribution < -0.4 is 0 Å². The molecule has 14 heavy (non-hydrogen) atoms. The van der Waals surface area contributed by atoms with Crippen LogP contribution >= 0.6 is 27.5 Å². The average Bonchev–Trinajstić information content (AvgIpc) is 2.14. The maximum Gasteiger partial charge on any atom is 0.0804 e. The first kappa shape index (κ1) is 12.0. The molecule has 0 aliphatic rings. The predicted molar refractivity (Wildman–Crippen MR) is 63.6 cm³/mol. The summed E-state index contributed by atoms with van der Waals surface area (Å²) >= 11 is 9.35. The third-order valence-corrected chi connectivity index (χ3v) is 2.97. The van der Waals surface area contributed by atoms with Crippen molar-refractivity contribution in [2.75, 3.05) is 0 Å². The maximum absolute atomic E-state index is 9.82. The topological polar surface area (TPSA) is 20.2 Å². The van der Waals surface area contributed by atoms with Crippen molar-refractivity contribution < 1.29 is 5.11 Å². The highest BCUT2D eigenvalue weighted by Crippen LogP contribution is 2.28. The van der Waals surface area contributed by atoms with E-state index in [1.54, 1.807) is 0 Å². The van der Waals surface area contributed by atoms with Crippen LogP contribution in [-0.4, -0.2) is 5.11 Å². The zero-order valence-corrected chi connectivity index (χ0v) is 10.5. The lowest BCUT2D eigenvalue weighted by Gasteiger charge is -2.12. The molecule has 0 heterocycles. The van der Waals surface area contributed by atoms with Gasteiger partial charge in [0.05, 0.1) is 6.10 Å². The van der Waals surface area contributed by atoms with Crippen molar-refractivity contribution >= 4 is 27.5 Å². The molecule has 1 rings (SSSR count). The molecule has 0 saturated carbocycles. The van der Waals surface area contributed by atoms with Crippen LogP contribution in [0.4, 0.5) is 0 Å². The molecule has 0 spiro atoms. The molecule has 3 heteroatoms. The fourth-order valence-corrected chi connectivity index (χ4v) is 2.12. The van der Waals surface area contributed by atoms with Gasteiger partial charge in [-0.3, -0.25) is 0 Å². The molecule has 0 bridgehead atoms. The first-order valence-corrected chi connectivity index (χ1v) is 5.95. The van der Waals surface area contributed by atoms with E-state index in [-0.39, 0.29) is 0 Å². The van der Waals surface area contributed by atoms with Crippen LogP contribution in [0.1, 0.15) is 37.9 Å². The lowest BCUT2D eigenvalue weighted by molar-refractivity contribution is 0.164. The van der Waals surface area contributed by atoms with Crippen LogP contribution in [0.5, 0.6) is 0 Å². The van der Waals surface area contributed by atoms with E-state index in [2.05, 4.69) is 22.9 Å². The van der Waals surface area contributed by atoms with Crippen molar-refractivity contribution in [3.63, 3.8) is 0 Å². The largest absolute Gasteiger partial charge is 0.388 e. The van der Waals surface area contributed by atoms with Crippen molar-refractivity contribution in [2.45, 2.75) is 32.3 Å². The molecule has 1 nitrogen and oxygen atoms in total. The fraction of sp³-hybridized carbons (Fsp3) is 0.455. The zero-order valence-electron chi connectivity index (χ0n) is 8.13. The van der Waals surface area contributed by atoms with Gasteiger partial charge < -0.3 is 5.11 Å². The summed E-state index contributed by atoms with van der Waals surface area (Å²) in [7, 11) is 0. The molecule has 1 N–H and O–H groups in total. The van der Waals surface area contributed by atoms with E-state index in [0.29, 0.717) is 5.02 Å². The van der Waals surface area contributed by atoms with Gasteiger partial charge in [-0.25, -0.2) is 0 Å². The highest BCUT2D eigenvalue weighted by Gasteiger charge is 2.10. The molecule has 78 valence electrons. The zero-order chi connectivity index (χ0) is 10.6. The van der Waals surface area contributed by atoms with Gasteiger partial charge in [-0.2, -0.15) is 0 Å². The smallest absolute Gasteiger partial charge is 0.0804 e. The molecule has 1 aromatic carbocycles. The summed E-state index contributed by atoms with van der Waals surface area (Å²) in [6, 6.07) is 5.58. The van der Waals surface area contributed by atoms with Gasteiger partial charge in [0.25, 0.3) is 0 Å². The molecule has 1 atom stereocenters. The van der Waals surface area contributed by atoms with Crippen molar-refractivity contribution in [3.8, 4) is 0 Å².